The van der Waals surface area contributed by atoms with Crippen molar-refractivity contribution in [1.82, 2.24) is 0 Å². The van der Waals surface area contributed by atoms with Crippen LogP contribution in [-0.4, -0.2) is 23.0 Å². The lowest BCUT2D eigenvalue weighted by molar-refractivity contribution is -0.138. The number of carboxylic acids is 1. The molecule has 1 unspecified atom stereocenters. The number of primary amides is 1. The van der Waals surface area contributed by atoms with Crippen molar-refractivity contribution in [1.29, 1.82) is 0 Å². The molecule has 0 fully saturated rings. The third kappa shape index (κ3) is 5.79. The molecule has 1 heterocycles. The molecule has 2 aromatic rings. The second-order valence-electron chi connectivity index (χ2n) is 4.97. The molecule has 0 aliphatic heterocycles. The maximum absolute atomic E-state index is 11.0. The Kier molecular flexibility index (Phi) is 6.28. The number of aliphatic carboxylic acids is 1. The average Bonchev–Trinajstić information content (AvgIpc) is 2.44. The Morgan fingerprint density at radius 1 is 1.30 bits per heavy atom. The number of carboxylic acid groups (broad SMARTS) is 1. The topological polar surface area (TPSA) is 163 Å². The molecule has 0 spiro atoms. The third-order valence-corrected chi connectivity index (χ3v) is 2.95. The molecule has 0 radical (unpaired) electrons. The molecule has 124 valence electrons. The zero-order chi connectivity index (χ0) is 17.6. The number of aryl methyl sites for hydroxylation is 1. The van der Waals surface area contributed by atoms with Gasteiger partial charge in [-0.3, -0.25) is 9.59 Å². The predicted molar refractivity (Wildman–Crippen MR) is 85.7 cm³/mol. The van der Waals surface area contributed by atoms with Crippen LogP contribution in [0.15, 0.2) is 33.5 Å². The zero-order valence-electron chi connectivity index (χ0n) is 12.6. The van der Waals surface area contributed by atoms with E-state index in [4.69, 9.17) is 26.7 Å². The summed E-state index contributed by atoms with van der Waals surface area (Å²) in [5, 5.41) is 9.00. The number of fused-ring (bicyclic) bond motifs is 1. The number of nitrogen functional groups attached to an aromatic ring is 1. The molecule has 8 nitrogen and oxygen atoms in total. The molecular weight excluding hydrogens is 302 g/mol. The number of hydrogen-bond donors (Lipinski definition) is 4. The van der Waals surface area contributed by atoms with E-state index in [0.29, 0.717) is 11.3 Å². The summed E-state index contributed by atoms with van der Waals surface area (Å²) in [6.07, 6.45) is 0.123. The number of hydrogen-bond acceptors (Lipinski definition) is 6. The minimum atomic E-state index is -1.11. The van der Waals surface area contributed by atoms with Gasteiger partial charge in [0.25, 0.3) is 0 Å². The van der Waals surface area contributed by atoms with Crippen molar-refractivity contribution >= 4 is 28.5 Å². The fourth-order valence-corrected chi connectivity index (χ4v) is 1.72. The first-order valence-corrected chi connectivity index (χ1v) is 6.77. The van der Waals surface area contributed by atoms with E-state index in [2.05, 4.69) is 0 Å². The van der Waals surface area contributed by atoms with Crippen molar-refractivity contribution in [3.8, 4) is 0 Å². The van der Waals surface area contributed by atoms with Crippen molar-refractivity contribution in [2.24, 2.45) is 11.5 Å². The molecule has 8 heteroatoms. The van der Waals surface area contributed by atoms with Crippen LogP contribution in [0.4, 0.5) is 5.69 Å². The minimum Gasteiger partial charge on any atom is -0.480 e. The Labute approximate surface area is 131 Å². The van der Waals surface area contributed by atoms with Gasteiger partial charge in [0.2, 0.25) is 5.91 Å². The Morgan fingerprint density at radius 3 is 2.52 bits per heavy atom. The van der Waals surface area contributed by atoms with E-state index in [-0.39, 0.29) is 12.8 Å². The Morgan fingerprint density at radius 2 is 1.96 bits per heavy atom. The van der Waals surface area contributed by atoms with Gasteiger partial charge >= 0.3 is 11.6 Å². The van der Waals surface area contributed by atoms with Crippen LogP contribution in [-0.2, 0) is 9.59 Å². The van der Waals surface area contributed by atoms with Gasteiger partial charge in [0, 0.05) is 23.6 Å². The molecule has 2 rings (SSSR count). The number of rotatable bonds is 4. The summed E-state index contributed by atoms with van der Waals surface area (Å²) in [5.41, 5.74) is 17.1. The molecule has 23 heavy (non-hydrogen) atoms. The monoisotopic (exact) mass is 321 g/mol. The van der Waals surface area contributed by atoms with Gasteiger partial charge in [0.15, 0.2) is 0 Å². The summed E-state index contributed by atoms with van der Waals surface area (Å²) >= 11 is 0. The standard InChI is InChI=1S/C10H9NO2.C5H10N2O3/c1-6-2-3-7-8(11)5-10(12)13-9(7)4-6;6-3(5(9)10)1-2-4(7)8/h2-5H,11H2,1H3;3H,1-2,6H2,(H2,7,8)(H,9,10). The summed E-state index contributed by atoms with van der Waals surface area (Å²) in [4.78, 5) is 31.1. The third-order valence-electron chi connectivity index (χ3n) is 2.95. The number of carbonyl (C=O) groups excluding carboxylic acids is 1. The van der Waals surface area contributed by atoms with E-state index in [1.54, 1.807) is 6.07 Å². The van der Waals surface area contributed by atoms with Crippen LogP contribution in [0.3, 0.4) is 0 Å². The number of amides is 1. The average molecular weight is 321 g/mol. The first-order valence-electron chi connectivity index (χ1n) is 6.77. The molecule has 0 saturated heterocycles. The first kappa shape index (κ1) is 18.2. The highest BCUT2D eigenvalue weighted by molar-refractivity contribution is 5.88. The van der Waals surface area contributed by atoms with Crippen molar-refractivity contribution in [2.45, 2.75) is 25.8 Å². The van der Waals surface area contributed by atoms with E-state index in [0.717, 1.165) is 10.9 Å². The van der Waals surface area contributed by atoms with E-state index < -0.39 is 23.5 Å². The summed E-state index contributed by atoms with van der Waals surface area (Å²) in [6, 6.07) is 5.89. The number of nitrogens with two attached hydrogens (primary N) is 3. The summed E-state index contributed by atoms with van der Waals surface area (Å²) < 4.78 is 4.99. The van der Waals surface area contributed by atoms with Gasteiger partial charge in [-0.1, -0.05) is 6.07 Å². The van der Waals surface area contributed by atoms with Gasteiger partial charge in [0.1, 0.15) is 11.6 Å². The maximum Gasteiger partial charge on any atom is 0.338 e. The van der Waals surface area contributed by atoms with Crippen molar-refractivity contribution in [3.63, 3.8) is 0 Å². The summed E-state index contributed by atoms with van der Waals surface area (Å²) in [7, 11) is 0. The summed E-state index contributed by atoms with van der Waals surface area (Å²) in [6.45, 7) is 1.93. The van der Waals surface area contributed by atoms with E-state index in [1.165, 1.54) is 6.07 Å². The molecule has 0 aliphatic carbocycles. The Balaban J connectivity index is 0.000000241. The quantitative estimate of drug-likeness (QED) is 0.590. The lowest BCUT2D eigenvalue weighted by Gasteiger charge is -2.01. The Hall–Kier alpha value is -2.87. The first-order chi connectivity index (χ1) is 10.7. The van der Waals surface area contributed by atoms with Gasteiger partial charge in [-0.15, -0.1) is 0 Å². The highest BCUT2D eigenvalue weighted by Gasteiger charge is 2.11. The fourth-order valence-electron chi connectivity index (χ4n) is 1.72. The molecule has 1 atom stereocenters. The Bertz CT molecular complexity index is 769. The van der Waals surface area contributed by atoms with Gasteiger partial charge in [-0.25, -0.2) is 4.79 Å². The second kappa shape index (κ2) is 7.95. The lowest BCUT2D eigenvalue weighted by atomic mass is 10.1. The molecule has 7 N–H and O–H groups in total. The van der Waals surface area contributed by atoms with Crippen LogP contribution in [0.5, 0.6) is 0 Å². The van der Waals surface area contributed by atoms with E-state index in [1.807, 2.05) is 19.1 Å². The maximum atomic E-state index is 11.0. The van der Waals surface area contributed by atoms with Gasteiger partial charge < -0.3 is 26.7 Å². The minimum absolute atomic E-state index is 0.0213. The number of benzene rings is 1. The number of carbonyl (C=O) groups is 2. The van der Waals surface area contributed by atoms with E-state index >= 15 is 0 Å². The summed E-state index contributed by atoms with van der Waals surface area (Å²) in [5.74, 6) is -1.64. The fraction of sp³-hybridized carbons (Fsp3) is 0.267. The zero-order valence-corrected chi connectivity index (χ0v) is 12.6. The van der Waals surface area contributed by atoms with Crippen molar-refractivity contribution < 1.29 is 19.1 Å². The molecule has 0 bridgehead atoms. The molecule has 1 aromatic heterocycles. The van der Waals surface area contributed by atoms with Crippen LogP contribution < -0.4 is 22.8 Å². The normalized spacial score (nSPS) is 11.4. The molecule has 1 aromatic carbocycles. The van der Waals surface area contributed by atoms with Crippen LogP contribution in [0.1, 0.15) is 18.4 Å². The van der Waals surface area contributed by atoms with Crippen LogP contribution in [0.2, 0.25) is 0 Å². The van der Waals surface area contributed by atoms with Crippen LogP contribution >= 0.6 is 0 Å². The molecule has 1 amide bonds. The smallest absolute Gasteiger partial charge is 0.338 e. The predicted octanol–water partition coefficient (Wildman–Crippen LogP) is 0.347. The number of anilines is 1. The lowest BCUT2D eigenvalue weighted by Crippen LogP contribution is -2.31. The highest BCUT2D eigenvalue weighted by atomic mass is 16.4. The van der Waals surface area contributed by atoms with E-state index in [9.17, 15) is 14.4 Å². The molecule has 0 saturated carbocycles. The van der Waals surface area contributed by atoms with Gasteiger partial charge in [-0.05, 0) is 31.0 Å². The molecule has 0 aliphatic rings. The van der Waals surface area contributed by atoms with Gasteiger partial charge in [0.05, 0.1) is 0 Å². The van der Waals surface area contributed by atoms with Crippen molar-refractivity contribution in [3.05, 3.63) is 40.2 Å². The van der Waals surface area contributed by atoms with Crippen LogP contribution in [0.25, 0.3) is 11.0 Å². The largest absolute Gasteiger partial charge is 0.480 e. The van der Waals surface area contributed by atoms with Crippen molar-refractivity contribution in [2.75, 3.05) is 5.73 Å². The van der Waals surface area contributed by atoms with Crippen LogP contribution in [0, 0.1) is 6.92 Å². The highest BCUT2D eigenvalue weighted by Crippen LogP contribution is 2.19. The van der Waals surface area contributed by atoms with Gasteiger partial charge in [-0.2, -0.15) is 0 Å². The SMILES string of the molecule is Cc1ccc2c(N)cc(=O)oc2c1.NC(=O)CCC(N)C(=O)O. The molecular formula is C15H19N3O5. The second-order valence-corrected chi connectivity index (χ2v) is 4.97.